The van der Waals surface area contributed by atoms with E-state index in [2.05, 4.69) is 11.0 Å². The number of carbonyl (C=O) groups excluding carboxylic acids is 1. The van der Waals surface area contributed by atoms with Crippen LogP contribution >= 0.6 is 11.3 Å². The molecule has 0 radical (unpaired) electrons. The van der Waals surface area contributed by atoms with Crippen molar-refractivity contribution in [3.63, 3.8) is 0 Å². The van der Waals surface area contributed by atoms with Gasteiger partial charge in [-0.2, -0.15) is 0 Å². The molecule has 27 heavy (non-hydrogen) atoms. The van der Waals surface area contributed by atoms with Gasteiger partial charge in [-0.05, 0) is 37.3 Å². The van der Waals surface area contributed by atoms with E-state index in [9.17, 15) is 9.18 Å². The Morgan fingerprint density at radius 2 is 1.89 bits per heavy atom. The summed E-state index contributed by atoms with van der Waals surface area (Å²) in [4.78, 5) is 17.6. The van der Waals surface area contributed by atoms with Crippen molar-refractivity contribution < 1.29 is 13.9 Å². The van der Waals surface area contributed by atoms with E-state index in [1.54, 1.807) is 12.1 Å². The SMILES string of the molecule is CCOc1ccccc1N1CCN(C(=O)c2cc3c(F)cccc3s2)CC1. The summed E-state index contributed by atoms with van der Waals surface area (Å²) in [6.45, 7) is 5.36. The molecule has 4 nitrogen and oxygen atoms in total. The minimum Gasteiger partial charge on any atom is -0.492 e. The number of carbonyl (C=O) groups is 1. The second-order valence-electron chi connectivity index (χ2n) is 6.44. The average Bonchev–Trinajstić information content (AvgIpc) is 3.14. The first kappa shape index (κ1) is 17.8. The fourth-order valence-electron chi connectivity index (χ4n) is 3.43. The van der Waals surface area contributed by atoms with Crippen LogP contribution in [0.2, 0.25) is 0 Å². The molecule has 0 spiro atoms. The molecule has 1 fully saturated rings. The summed E-state index contributed by atoms with van der Waals surface area (Å²) >= 11 is 1.35. The summed E-state index contributed by atoms with van der Waals surface area (Å²) in [6.07, 6.45) is 0. The lowest BCUT2D eigenvalue weighted by Gasteiger charge is -2.36. The molecule has 1 aliphatic heterocycles. The molecular formula is C21H21FN2O2S. The zero-order valence-electron chi connectivity index (χ0n) is 15.2. The highest BCUT2D eigenvalue weighted by molar-refractivity contribution is 7.20. The first-order valence-corrected chi connectivity index (χ1v) is 9.93. The maximum atomic E-state index is 13.9. The Morgan fingerprint density at radius 3 is 2.63 bits per heavy atom. The van der Waals surface area contributed by atoms with Crippen molar-refractivity contribution in [3.05, 3.63) is 59.2 Å². The molecule has 0 N–H and O–H groups in total. The number of anilines is 1. The van der Waals surface area contributed by atoms with Crippen LogP contribution in [-0.2, 0) is 0 Å². The standard InChI is InChI=1S/C21H21FN2O2S/c1-2-26-18-8-4-3-7-17(18)23-10-12-24(13-11-23)21(25)20-14-15-16(22)6-5-9-19(15)27-20/h3-9,14H,2,10-13H2,1H3. The Labute approximate surface area is 161 Å². The minimum absolute atomic E-state index is 0.0201. The molecule has 3 aromatic rings. The number of piperazine rings is 1. The van der Waals surface area contributed by atoms with Crippen LogP contribution in [0, 0.1) is 5.82 Å². The second kappa shape index (κ2) is 7.56. The van der Waals surface area contributed by atoms with Gasteiger partial charge in [-0.25, -0.2) is 4.39 Å². The monoisotopic (exact) mass is 384 g/mol. The van der Waals surface area contributed by atoms with Crippen molar-refractivity contribution in [2.24, 2.45) is 0 Å². The smallest absolute Gasteiger partial charge is 0.264 e. The quantitative estimate of drug-likeness (QED) is 0.668. The van der Waals surface area contributed by atoms with Gasteiger partial charge in [0.2, 0.25) is 0 Å². The highest BCUT2D eigenvalue weighted by atomic mass is 32.1. The maximum absolute atomic E-state index is 13.9. The molecule has 6 heteroatoms. The second-order valence-corrected chi connectivity index (χ2v) is 7.53. The third-order valence-electron chi connectivity index (χ3n) is 4.79. The van der Waals surface area contributed by atoms with Crippen molar-refractivity contribution >= 4 is 33.0 Å². The lowest BCUT2D eigenvalue weighted by Crippen LogP contribution is -2.48. The van der Waals surface area contributed by atoms with E-state index in [1.807, 2.05) is 36.1 Å². The van der Waals surface area contributed by atoms with Gasteiger partial charge >= 0.3 is 0 Å². The van der Waals surface area contributed by atoms with Crippen molar-refractivity contribution in [1.82, 2.24) is 4.90 Å². The summed E-state index contributed by atoms with van der Waals surface area (Å²) in [5.41, 5.74) is 1.07. The Bertz CT molecular complexity index is 964. The Hall–Kier alpha value is -2.60. The van der Waals surface area contributed by atoms with Gasteiger partial charge in [-0.1, -0.05) is 18.2 Å². The van der Waals surface area contributed by atoms with Crippen molar-refractivity contribution in [2.45, 2.75) is 6.92 Å². The van der Waals surface area contributed by atoms with E-state index < -0.39 is 0 Å². The van der Waals surface area contributed by atoms with Crippen molar-refractivity contribution in [3.8, 4) is 5.75 Å². The number of hydrogen-bond donors (Lipinski definition) is 0. The fraction of sp³-hybridized carbons (Fsp3) is 0.286. The average molecular weight is 384 g/mol. The number of para-hydroxylation sites is 2. The van der Waals surface area contributed by atoms with E-state index >= 15 is 0 Å². The molecule has 1 aliphatic rings. The van der Waals surface area contributed by atoms with E-state index in [0.29, 0.717) is 30.0 Å². The highest BCUT2D eigenvalue weighted by Crippen LogP contribution is 2.31. The number of rotatable bonds is 4. The van der Waals surface area contributed by atoms with E-state index in [-0.39, 0.29) is 11.7 Å². The van der Waals surface area contributed by atoms with Crippen LogP contribution in [0.4, 0.5) is 10.1 Å². The molecule has 2 heterocycles. The molecule has 2 aromatic carbocycles. The van der Waals surface area contributed by atoms with Gasteiger partial charge in [-0.15, -0.1) is 11.3 Å². The number of nitrogens with zero attached hydrogens (tertiary/aromatic N) is 2. The van der Waals surface area contributed by atoms with E-state index in [0.717, 1.165) is 29.2 Å². The van der Waals surface area contributed by atoms with Crippen molar-refractivity contribution in [2.75, 3.05) is 37.7 Å². The Balaban J connectivity index is 1.47. The van der Waals surface area contributed by atoms with Gasteiger partial charge in [0, 0.05) is 36.3 Å². The summed E-state index contributed by atoms with van der Waals surface area (Å²) in [5, 5.41) is 0.523. The zero-order chi connectivity index (χ0) is 18.8. The fourth-order valence-corrected chi connectivity index (χ4v) is 4.48. The number of fused-ring (bicyclic) bond motifs is 1. The largest absolute Gasteiger partial charge is 0.492 e. The van der Waals surface area contributed by atoms with Crippen LogP contribution in [0.3, 0.4) is 0 Å². The molecule has 140 valence electrons. The molecule has 0 bridgehead atoms. The molecular weight excluding hydrogens is 363 g/mol. The molecule has 4 rings (SSSR count). The van der Waals surface area contributed by atoms with Gasteiger partial charge in [-0.3, -0.25) is 4.79 Å². The molecule has 0 atom stereocenters. The van der Waals surface area contributed by atoms with Crippen LogP contribution < -0.4 is 9.64 Å². The molecule has 1 aromatic heterocycles. The minimum atomic E-state index is -0.278. The number of amides is 1. The number of ether oxygens (including phenoxy) is 1. The number of thiophene rings is 1. The van der Waals surface area contributed by atoms with Gasteiger partial charge < -0.3 is 14.5 Å². The maximum Gasteiger partial charge on any atom is 0.264 e. The third kappa shape index (κ3) is 3.49. The third-order valence-corrected chi connectivity index (χ3v) is 5.88. The molecule has 0 unspecified atom stereocenters. The predicted octanol–water partition coefficient (Wildman–Crippen LogP) is 4.40. The van der Waals surface area contributed by atoms with Gasteiger partial charge in [0.15, 0.2) is 0 Å². The summed E-state index contributed by atoms with van der Waals surface area (Å²) < 4.78 is 20.4. The molecule has 1 amide bonds. The van der Waals surface area contributed by atoms with Crippen LogP contribution in [0.5, 0.6) is 5.75 Å². The normalized spacial score (nSPS) is 14.6. The number of hydrogen-bond acceptors (Lipinski definition) is 4. The lowest BCUT2D eigenvalue weighted by molar-refractivity contribution is 0.0751. The Morgan fingerprint density at radius 1 is 1.11 bits per heavy atom. The summed E-state index contributed by atoms with van der Waals surface area (Å²) in [7, 11) is 0. The van der Waals surface area contributed by atoms with Crippen LogP contribution in [0.1, 0.15) is 16.6 Å². The first-order valence-electron chi connectivity index (χ1n) is 9.11. The van der Waals surface area contributed by atoms with E-state index in [1.165, 1.54) is 17.4 Å². The van der Waals surface area contributed by atoms with Crippen LogP contribution in [-0.4, -0.2) is 43.6 Å². The molecule has 0 aliphatic carbocycles. The zero-order valence-corrected chi connectivity index (χ0v) is 16.0. The van der Waals surface area contributed by atoms with Crippen molar-refractivity contribution in [1.29, 1.82) is 0 Å². The number of halogens is 1. The van der Waals surface area contributed by atoms with E-state index in [4.69, 9.17) is 4.74 Å². The molecule has 0 saturated carbocycles. The summed E-state index contributed by atoms with van der Waals surface area (Å²) in [5.74, 6) is 0.577. The first-order chi connectivity index (χ1) is 13.2. The Kier molecular flexibility index (Phi) is 4.99. The van der Waals surface area contributed by atoms with Gasteiger partial charge in [0.05, 0.1) is 17.2 Å². The van der Waals surface area contributed by atoms with Crippen LogP contribution in [0.25, 0.3) is 10.1 Å². The summed E-state index contributed by atoms with van der Waals surface area (Å²) in [6, 6.07) is 14.6. The molecule has 1 saturated heterocycles. The van der Waals surface area contributed by atoms with Gasteiger partial charge in [0.25, 0.3) is 5.91 Å². The topological polar surface area (TPSA) is 32.8 Å². The number of benzene rings is 2. The highest BCUT2D eigenvalue weighted by Gasteiger charge is 2.25. The lowest BCUT2D eigenvalue weighted by atomic mass is 10.2. The van der Waals surface area contributed by atoms with Crippen LogP contribution in [0.15, 0.2) is 48.5 Å². The van der Waals surface area contributed by atoms with Gasteiger partial charge in [0.1, 0.15) is 11.6 Å². The predicted molar refractivity (Wildman–Crippen MR) is 108 cm³/mol.